The van der Waals surface area contributed by atoms with E-state index in [1.165, 1.54) is 0 Å². The normalized spacial score (nSPS) is 34.1. The van der Waals surface area contributed by atoms with Crippen LogP contribution in [0.4, 0.5) is 0 Å². The lowest BCUT2D eigenvalue weighted by Gasteiger charge is -2.33. The van der Waals surface area contributed by atoms with E-state index in [0.717, 1.165) is 12.8 Å². The molecule has 154 valence electrons. The van der Waals surface area contributed by atoms with Crippen molar-refractivity contribution in [2.45, 2.75) is 53.6 Å². The van der Waals surface area contributed by atoms with Gasteiger partial charge in [0.15, 0.2) is 4.33 Å². The van der Waals surface area contributed by atoms with Crippen molar-refractivity contribution in [3.05, 3.63) is 10.1 Å². The zero-order valence-corrected chi connectivity index (χ0v) is 19.3. The number of allylic oxidation sites excluding steroid dienone is 2. The molecule has 4 nitrogen and oxygen atoms in total. The molecule has 10 heteroatoms. The number of halogens is 6. The van der Waals surface area contributed by atoms with Crippen LogP contribution in [0.1, 0.15) is 39.5 Å². The molecular weight excluding hydrogens is 481 g/mol. The average molecular weight is 501 g/mol. The molecule has 0 radical (unpaired) electrons. The number of rotatable bonds is 8. The number of unbranched alkanes of at least 4 members (excludes halogenated alkanes) is 2. The number of carbonyl (C=O) groups excluding carboxylic acids is 2. The van der Waals surface area contributed by atoms with Crippen LogP contribution in [-0.4, -0.2) is 39.2 Å². The van der Waals surface area contributed by atoms with E-state index in [4.69, 9.17) is 79.1 Å². The highest BCUT2D eigenvalue weighted by Gasteiger charge is 2.85. The lowest BCUT2D eigenvalue weighted by Crippen LogP contribution is -2.46. The molecule has 2 rings (SSSR count). The summed E-state index contributed by atoms with van der Waals surface area (Å²) >= 11 is 38.8. The van der Waals surface area contributed by atoms with Gasteiger partial charge in [0, 0.05) is 0 Å². The Hall–Kier alpha value is 0.420. The molecule has 1 saturated carbocycles. The molecule has 0 aliphatic heterocycles. The predicted molar refractivity (Wildman–Crippen MR) is 109 cm³/mol. The van der Waals surface area contributed by atoms with E-state index in [-0.39, 0.29) is 23.3 Å². The summed E-state index contributed by atoms with van der Waals surface area (Å²) in [5.74, 6) is -4.22. The highest BCUT2D eigenvalue weighted by Crippen LogP contribution is 2.76. The van der Waals surface area contributed by atoms with E-state index in [1.54, 1.807) is 0 Å². The van der Waals surface area contributed by atoms with E-state index in [9.17, 15) is 9.59 Å². The Balaban J connectivity index is 2.47. The second-order valence-corrected chi connectivity index (χ2v) is 9.90. The highest BCUT2D eigenvalue weighted by molar-refractivity contribution is 6.66. The van der Waals surface area contributed by atoms with Gasteiger partial charge in [0.25, 0.3) is 0 Å². The van der Waals surface area contributed by atoms with Crippen molar-refractivity contribution in [1.29, 1.82) is 0 Å². The monoisotopic (exact) mass is 498 g/mol. The van der Waals surface area contributed by atoms with Crippen molar-refractivity contribution in [3.8, 4) is 0 Å². The first-order valence-electron chi connectivity index (χ1n) is 8.68. The van der Waals surface area contributed by atoms with Gasteiger partial charge in [0.2, 0.25) is 0 Å². The summed E-state index contributed by atoms with van der Waals surface area (Å²) in [7, 11) is 0. The van der Waals surface area contributed by atoms with Gasteiger partial charge in [-0.05, 0) is 12.8 Å². The van der Waals surface area contributed by atoms with Gasteiger partial charge in [-0.1, -0.05) is 73.1 Å². The third-order valence-electron chi connectivity index (χ3n) is 4.93. The molecule has 2 aliphatic rings. The first kappa shape index (κ1) is 23.7. The van der Waals surface area contributed by atoms with E-state index < -0.39 is 37.9 Å². The summed E-state index contributed by atoms with van der Waals surface area (Å²) in [5.41, 5.74) is 0. The fraction of sp³-hybridized carbons (Fsp3) is 0.765. The van der Waals surface area contributed by atoms with Crippen LogP contribution in [0, 0.1) is 11.8 Å². The maximum atomic E-state index is 12.8. The SMILES string of the molecule is CCCCOC(=O)C1C(C(=O)OCCCC)[C@@]2(Cl)C(Cl)=C(Cl)[C@]1(Cl)C2(Cl)Cl. The summed E-state index contributed by atoms with van der Waals surface area (Å²) in [4.78, 5) is 21.8. The van der Waals surface area contributed by atoms with E-state index in [0.29, 0.717) is 12.8 Å². The van der Waals surface area contributed by atoms with E-state index in [2.05, 4.69) is 0 Å². The van der Waals surface area contributed by atoms with Crippen LogP contribution in [-0.2, 0) is 19.1 Å². The minimum Gasteiger partial charge on any atom is -0.465 e. The minimum atomic E-state index is -2.03. The fourth-order valence-corrected chi connectivity index (χ4v) is 6.31. The van der Waals surface area contributed by atoms with E-state index >= 15 is 0 Å². The third-order valence-corrected chi connectivity index (χ3v) is 9.19. The van der Waals surface area contributed by atoms with Crippen LogP contribution in [0.2, 0.25) is 0 Å². The second-order valence-electron chi connectivity index (χ2n) is 6.62. The Morgan fingerprint density at radius 3 is 1.44 bits per heavy atom. The predicted octanol–water partition coefficient (Wildman–Crippen LogP) is 5.75. The maximum Gasteiger partial charge on any atom is 0.312 e. The number of ether oxygens (including phenoxy) is 2. The molecule has 0 aromatic rings. The van der Waals surface area contributed by atoms with Crippen LogP contribution in [0.5, 0.6) is 0 Å². The number of fused-ring (bicyclic) bond motifs is 2. The molecule has 2 bridgehead atoms. The van der Waals surface area contributed by atoms with Crippen molar-refractivity contribution in [2.75, 3.05) is 13.2 Å². The Labute approximate surface area is 188 Å². The Bertz CT molecular complexity index is 599. The lowest BCUT2D eigenvalue weighted by atomic mass is 9.82. The summed E-state index contributed by atoms with van der Waals surface area (Å²) < 4.78 is 8.53. The first-order valence-corrected chi connectivity index (χ1v) is 10.9. The number of carbonyl (C=O) groups is 2. The number of alkyl halides is 4. The molecule has 0 saturated heterocycles. The lowest BCUT2D eigenvalue weighted by molar-refractivity contribution is -0.160. The molecule has 0 amide bonds. The zero-order chi connectivity index (χ0) is 20.6. The second kappa shape index (κ2) is 8.65. The summed E-state index contributed by atoms with van der Waals surface area (Å²) in [6.07, 6.45) is 2.91. The Morgan fingerprint density at radius 1 is 0.815 bits per heavy atom. The van der Waals surface area contributed by atoms with Crippen molar-refractivity contribution in [2.24, 2.45) is 11.8 Å². The summed E-state index contributed by atoms with van der Waals surface area (Å²) in [5, 5.41) is -0.332. The van der Waals surface area contributed by atoms with E-state index in [1.807, 2.05) is 13.8 Å². The summed E-state index contributed by atoms with van der Waals surface area (Å²) in [6, 6.07) is 0. The van der Waals surface area contributed by atoms with Crippen LogP contribution in [0.3, 0.4) is 0 Å². The molecule has 0 aromatic carbocycles. The minimum absolute atomic E-state index is 0.151. The number of hydrogen-bond acceptors (Lipinski definition) is 4. The molecule has 1 fully saturated rings. The molecule has 0 N–H and O–H groups in total. The molecule has 0 aromatic heterocycles. The smallest absolute Gasteiger partial charge is 0.312 e. The number of hydrogen-bond donors (Lipinski definition) is 0. The molecule has 27 heavy (non-hydrogen) atoms. The van der Waals surface area contributed by atoms with Gasteiger partial charge in [-0.2, -0.15) is 0 Å². The standard InChI is InChI=1S/C17H20Cl6O4/c1-3-5-7-26-13(24)9-10(14(25)27-8-6-4-2)16(21)12(19)11(18)15(9,20)17(16,22)23/h9-10H,3-8H2,1-2H3/t9?,10?,15-,16+. The molecule has 4 atom stereocenters. The topological polar surface area (TPSA) is 52.6 Å². The summed E-state index contributed by atoms with van der Waals surface area (Å²) in [6.45, 7) is 4.19. The van der Waals surface area contributed by atoms with Gasteiger partial charge < -0.3 is 9.47 Å². The molecule has 2 aliphatic carbocycles. The third kappa shape index (κ3) is 3.37. The molecular formula is C17H20Cl6O4. The van der Waals surface area contributed by atoms with Crippen molar-refractivity contribution in [1.82, 2.24) is 0 Å². The van der Waals surface area contributed by atoms with Gasteiger partial charge in [-0.25, -0.2) is 0 Å². The highest BCUT2D eigenvalue weighted by atomic mass is 35.5. The van der Waals surface area contributed by atoms with Crippen LogP contribution in [0.15, 0.2) is 10.1 Å². The van der Waals surface area contributed by atoms with Gasteiger partial charge >= 0.3 is 11.9 Å². The molecule has 0 heterocycles. The largest absolute Gasteiger partial charge is 0.465 e. The molecule has 2 unspecified atom stereocenters. The Kier molecular flexibility index (Phi) is 7.59. The van der Waals surface area contributed by atoms with Crippen molar-refractivity contribution < 1.29 is 19.1 Å². The van der Waals surface area contributed by atoms with Gasteiger partial charge in [-0.3, -0.25) is 9.59 Å². The number of esters is 2. The van der Waals surface area contributed by atoms with Crippen LogP contribution < -0.4 is 0 Å². The Morgan fingerprint density at radius 2 is 1.15 bits per heavy atom. The van der Waals surface area contributed by atoms with Crippen LogP contribution in [0.25, 0.3) is 0 Å². The fourth-order valence-electron chi connectivity index (χ4n) is 3.39. The quantitative estimate of drug-likeness (QED) is 0.242. The van der Waals surface area contributed by atoms with Gasteiger partial charge in [0.1, 0.15) is 9.75 Å². The van der Waals surface area contributed by atoms with Crippen LogP contribution >= 0.6 is 69.6 Å². The molecule has 0 spiro atoms. The van der Waals surface area contributed by atoms with Gasteiger partial charge in [0.05, 0.1) is 35.1 Å². The van der Waals surface area contributed by atoms with Crippen molar-refractivity contribution in [3.63, 3.8) is 0 Å². The maximum absolute atomic E-state index is 12.8. The average Bonchev–Trinajstić information content (AvgIpc) is 2.82. The van der Waals surface area contributed by atoms with Gasteiger partial charge in [-0.15, -0.1) is 23.2 Å². The van der Waals surface area contributed by atoms with Crippen molar-refractivity contribution >= 4 is 81.5 Å². The first-order chi connectivity index (χ1) is 12.5. The zero-order valence-electron chi connectivity index (χ0n) is 14.8.